The molecule has 0 spiro atoms. The van der Waals surface area contributed by atoms with Gasteiger partial charge >= 0.3 is 0 Å². The number of hydrogen-bond acceptors (Lipinski definition) is 4. The predicted octanol–water partition coefficient (Wildman–Crippen LogP) is 3.63. The van der Waals surface area contributed by atoms with Crippen molar-refractivity contribution < 1.29 is 9.90 Å². The minimum Gasteiger partial charge on any atom is -0.391 e. The fraction of sp³-hybridized carbons (Fsp3) is 0.462. The van der Waals surface area contributed by atoms with E-state index >= 15 is 0 Å². The van der Waals surface area contributed by atoms with Crippen LogP contribution in [0.2, 0.25) is 0 Å². The van der Waals surface area contributed by atoms with E-state index in [-0.39, 0.29) is 23.5 Å². The SMILES string of the molecule is O=C(NC[C@@]1(c2ccccc2)CC[C@H](O)[C@@H](N2CCCC2)CC1)c1ccc2nc[nH]c2c1. The molecular formula is C26H32N4O2. The number of amides is 1. The number of aromatic nitrogens is 2. The highest BCUT2D eigenvalue weighted by Crippen LogP contribution is 2.39. The molecular weight excluding hydrogens is 400 g/mol. The van der Waals surface area contributed by atoms with Crippen LogP contribution in [-0.4, -0.2) is 57.7 Å². The van der Waals surface area contributed by atoms with E-state index in [1.165, 1.54) is 18.4 Å². The molecule has 1 amide bonds. The van der Waals surface area contributed by atoms with Gasteiger partial charge in [-0.05, 0) is 75.4 Å². The summed E-state index contributed by atoms with van der Waals surface area (Å²) in [6.45, 7) is 2.75. The molecule has 1 saturated carbocycles. The zero-order chi connectivity index (χ0) is 22.0. The monoisotopic (exact) mass is 432 g/mol. The first kappa shape index (κ1) is 21.2. The maximum atomic E-state index is 13.0. The molecule has 3 atom stereocenters. The average molecular weight is 433 g/mol. The van der Waals surface area contributed by atoms with Gasteiger partial charge in [-0.1, -0.05) is 30.3 Å². The van der Waals surface area contributed by atoms with E-state index in [1.807, 2.05) is 24.3 Å². The number of likely N-dealkylation sites (tertiary alicyclic amines) is 1. The zero-order valence-corrected chi connectivity index (χ0v) is 18.5. The number of nitrogens with one attached hydrogen (secondary N) is 2. The molecule has 3 aromatic rings. The Morgan fingerprint density at radius 2 is 1.91 bits per heavy atom. The number of imidazole rings is 1. The third kappa shape index (κ3) is 4.17. The molecule has 1 aromatic heterocycles. The quantitative estimate of drug-likeness (QED) is 0.538. The van der Waals surface area contributed by atoms with Crippen LogP contribution in [0.5, 0.6) is 0 Å². The largest absolute Gasteiger partial charge is 0.391 e. The van der Waals surface area contributed by atoms with Crippen molar-refractivity contribution in [3.63, 3.8) is 0 Å². The van der Waals surface area contributed by atoms with Crippen molar-refractivity contribution in [2.75, 3.05) is 19.6 Å². The van der Waals surface area contributed by atoms with Crippen molar-refractivity contribution in [2.24, 2.45) is 0 Å². The molecule has 2 aliphatic rings. The summed E-state index contributed by atoms with van der Waals surface area (Å²) in [5.41, 5.74) is 3.42. The van der Waals surface area contributed by atoms with Crippen LogP contribution in [0.15, 0.2) is 54.9 Å². The van der Waals surface area contributed by atoms with Crippen LogP contribution in [0.3, 0.4) is 0 Å². The van der Waals surface area contributed by atoms with Gasteiger partial charge in [0, 0.05) is 23.6 Å². The van der Waals surface area contributed by atoms with E-state index < -0.39 is 0 Å². The Balaban J connectivity index is 1.36. The van der Waals surface area contributed by atoms with E-state index in [0.29, 0.717) is 12.1 Å². The van der Waals surface area contributed by atoms with E-state index in [9.17, 15) is 9.90 Å². The first-order chi connectivity index (χ1) is 15.6. The number of hydrogen-bond donors (Lipinski definition) is 3. The molecule has 0 radical (unpaired) electrons. The van der Waals surface area contributed by atoms with Gasteiger partial charge in [-0.3, -0.25) is 9.69 Å². The summed E-state index contributed by atoms with van der Waals surface area (Å²) in [5.74, 6) is -0.0716. The smallest absolute Gasteiger partial charge is 0.251 e. The van der Waals surface area contributed by atoms with Crippen LogP contribution >= 0.6 is 0 Å². The fourth-order valence-electron chi connectivity index (χ4n) is 5.64. The number of aromatic amines is 1. The summed E-state index contributed by atoms with van der Waals surface area (Å²) in [5, 5.41) is 14.2. The van der Waals surface area contributed by atoms with E-state index in [2.05, 4.69) is 44.5 Å². The molecule has 2 aromatic carbocycles. The first-order valence-electron chi connectivity index (χ1n) is 11.8. The standard InChI is InChI=1S/C26H32N4O2/c31-24-11-13-26(20-6-2-1-3-7-20,12-10-23(24)30-14-4-5-15-30)17-27-25(32)19-8-9-21-22(16-19)29-18-28-21/h1-3,6-9,16,18,23-24,31H,4-5,10-15,17H2,(H,27,32)(H,28,29)/t23-,24-,26-/m0/s1. The molecule has 2 heterocycles. The Morgan fingerprint density at radius 3 is 2.72 bits per heavy atom. The van der Waals surface area contributed by atoms with Crippen molar-refractivity contribution in [3.8, 4) is 0 Å². The lowest BCUT2D eigenvalue weighted by molar-refractivity contribution is 0.0569. The fourth-order valence-corrected chi connectivity index (χ4v) is 5.64. The second-order valence-corrected chi connectivity index (χ2v) is 9.42. The van der Waals surface area contributed by atoms with Gasteiger partial charge in [0.05, 0.1) is 23.5 Å². The van der Waals surface area contributed by atoms with Crippen molar-refractivity contribution in [2.45, 2.75) is 56.1 Å². The molecule has 1 aliphatic heterocycles. The number of nitrogens with zero attached hydrogens (tertiary/aromatic N) is 2. The molecule has 3 N–H and O–H groups in total. The van der Waals surface area contributed by atoms with Gasteiger partial charge in [0.15, 0.2) is 0 Å². The molecule has 6 heteroatoms. The van der Waals surface area contributed by atoms with Crippen molar-refractivity contribution in [1.82, 2.24) is 20.2 Å². The Labute approximate surface area is 189 Å². The van der Waals surface area contributed by atoms with Crippen LogP contribution in [0.25, 0.3) is 11.0 Å². The zero-order valence-electron chi connectivity index (χ0n) is 18.5. The van der Waals surface area contributed by atoms with Gasteiger partial charge in [0.1, 0.15) is 0 Å². The highest BCUT2D eigenvalue weighted by Gasteiger charge is 2.40. The molecule has 6 nitrogen and oxygen atoms in total. The molecule has 168 valence electrons. The maximum absolute atomic E-state index is 13.0. The molecule has 2 fully saturated rings. The number of H-pyrrole nitrogens is 1. The maximum Gasteiger partial charge on any atom is 0.251 e. The molecule has 32 heavy (non-hydrogen) atoms. The number of aliphatic hydroxyl groups excluding tert-OH is 1. The van der Waals surface area contributed by atoms with Gasteiger partial charge < -0.3 is 15.4 Å². The first-order valence-corrected chi connectivity index (χ1v) is 11.8. The normalized spacial score (nSPS) is 26.8. The minimum absolute atomic E-state index is 0.0716. The summed E-state index contributed by atoms with van der Waals surface area (Å²) >= 11 is 0. The Morgan fingerprint density at radius 1 is 1.12 bits per heavy atom. The number of carbonyl (C=O) groups is 1. The molecule has 5 rings (SSSR count). The third-order valence-electron chi connectivity index (χ3n) is 7.55. The van der Waals surface area contributed by atoms with Gasteiger partial charge in [-0.15, -0.1) is 0 Å². The van der Waals surface area contributed by atoms with Crippen LogP contribution in [0.4, 0.5) is 0 Å². The summed E-state index contributed by atoms with van der Waals surface area (Å²) in [6, 6.07) is 16.3. The number of carbonyl (C=O) groups excluding carboxylic acids is 1. The Bertz CT molecular complexity index is 1060. The van der Waals surface area contributed by atoms with Crippen LogP contribution in [0.1, 0.15) is 54.4 Å². The minimum atomic E-state index is -0.308. The Hall–Kier alpha value is -2.70. The van der Waals surface area contributed by atoms with E-state index in [0.717, 1.165) is 49.8 Å². The van der Waals surface area contributed by atoms with Crippen molar-refractivity contribution >= 4 is 16.9 Å². The second kappa shape index (κ2) is 9.04. The third-order valence-corrected chi connectivity index (χ3v) is 7.55. The van der Waals surface area contributed by atoms with Crippen molar-refractivity contribution in [1.29, 1.82) is 0 Å². The van der Waals surface area contributed by atoms with E-state index in [4.69, 9.17) is 0 Å². The van der Waals surface area contributed by atoms with Gasteiger partial charge in [-0.25, -0.2) is 4.98 Å². The second-order valence-electron chi connectivity index (χ2n) is 9.42. The number of aliphatic hydroxyl groups is 1. The average Bonchev–Trinajstić information content (AvgIpc) is 3.50. The lowest BCUT2D eigenvalue weighted by atomic mass is 9.74. The lowest BCUT2D eigenvalue weighted by Gasteiger charge is -2.34. The molecule has 0 unspecified atom stereocenters. The highest BCUT2D eigenvalue weighted by atomic mass is 16.3. The molecule has 1 aliphatic carbocycles. The van der Waals surface area contributed by atoms with Gasteiger partial charge in [0.25, 0.3) is 5.91 Å². The molecule has 0 bridgehead atoms. The lowest BCUT2D eigenvalue weighted by Crippen LogP contribution is -2.42. The predicted molar refractivity (Wildman–Crippen MR) is 126 cm³/mol. The molecule has 1 saturated heterocycles. The summed E-state index contributed by atoms with van der Waals surface area (Å²) in [6.07, 6.45) is 7.31. The highest BCUT2D eigenvalue weighted by molar-refractivity contribution is 5.97. The topological polar surface area (TPSA) is 81.2 Å². The number of benzene rings is 2. The Kier molecular flexibility index (Phi) is 5.98. The van der Waals surface area contributed by atoms with Gasteiger partial charge in [0.2, 0.25) is 0 Å². The number of rotatable bonds is 5. The summed E-state index contributed by atoms with van der Waals surface area (Å²) in [4.78, 5) is 22.8. The van der Waals surface area contributed by atoms with Crippen molar-refractivity contribution in [3.05, 3.63) is 66.0 Å². The van der Waals surface area contributed by atoms with E-state index in [1.54, 1.807) is 6.33 Å². The van der Waals surface area contributed by atoms with Gasteiger partial charge in [-0.2, -0.15) is 0 Å². The summed E-state index contributed by atoms with van der Waals surface area (Å²) in [7, 11) is 0. The summed E-state index contributed by atoms with van der Waals surface area (Å²) < 4.78 is 0. The van der Waals surface area contributed by atoms with Crippen LogP contribution in [0, 0.1) is 0 Å². The number of fused-ring (bicyclic) bond motifs is 1. The van der Waals surface area contributed by atoms with Crippen LogP contribution < -0.4 is 5.32 Å². The van der Waals surface area contributed by atoms with Crippen LogP contribution in [-0.2, 0) is 5.41 Å².